The molecule has 3 nitrogen and oxygen atoms in total. The van der Waals surface area contributed by atoms with E-state index in [2.05, 4.69) is 23.3 Å². The van der Waals surface area contributed by atoms with Crippen LogP contribution in [0, 0.1) is 0 Å². The zero-order valence-corrected chi connectivity index (χ0v) is 12.7. The lowest BCUT2D eigenvalue weighted by atomic mass is 10.1. The summed E-state index contributed by atoms with van der Waals surface area (Å²) in [5.41, 5.74) is 1.18. The molecule has 0 saturated heterocycles. The average molecular weight is 310 g/mol. The maximum Gasteiger partial charge on any atom is 0.335 e. The predicted octanol–water partition coefficient (Wildman–Crippen LogP) is 4.12. The van der Waals surface area contributed by atoms with Crippen LogP contribution in [-0.2, 0) is 13.1 Å². The Labute approximate surface area is 127 Å². The normalized spacial score (nSPS) is 10.9. The van der Waals surface area contributed by atoms with E-state index in [1.165, 1.54) is 10.9 Å². The fourth-order valence-corrected chi connectivity index (χ4v) is 2.94. The smallest absolute Gasteiger partial charge is 0.335 e. The van der Waals surface area contributed by atoms with Gasteiger partial charge in [-0.3, -0.25) is 4.90 Å². The van der Waals surface area contributed by atoms with Crippen molar-refractivity contribution in [3.8, 4) is 0 Å². The Morgan fingerprint density at radius 2 is 2.15 bits per heavy atom. The number of benzene rings is 1. The fraction of sp³-hybridized carbons (Fsp3) is 0.267. The number of nitrogens with zero attached hydrogens (tertiary/aromatic N) is 1. The van der Waals surface area contributed by atoms with Gasteiger partial charge >= 0.3 is 5.97 Å². The van der Waals surface area contributed by atoms with Crippen LogP contribution in [0.15, 0.2) is 35.7 Å². The van der Waals surface area contributed by atoms with Gasteiger partial charge in [-0.15, -0.1) is 11.3 Å². The number of carboxylic acids is 1. The van der Waals surface area contributed by atoms with Crippen LogP contribution in [0.25, 0.3) is 0 Å². The van der Waals surface area contributed by atoms with E-state index in [4.69, 9.17) is 16.7 Å². The molecule has 0 amide bonds. The second kappa shape index (κ2) is 6.88. The topological polar surface area (TPSA) is 40.5 Å². The molecule has 20 heavy (non-hydrogen) atoms. The van der Waals surface area contributed by atoms with Crippen LogP contribution in [0.3, 0.4) is 0 Å². The first-order valence-electron chi connectivity index (χ1n) is 6.36. The molecule has 0 bridgehead atoms. The molecule has 0 saturated carbocycles. The molecule has 0 fully saturated rings. The summed E-state index contributed by atoms with van der Waals surface area (Å²) < 4.78 is 0. The molecular weight excluding hydrogens is 294 g/mol. The Kier molecular flexibility index (Phi) is 5.17. The number of rotatable bonds is 6. The highest BCUT2D eigenvalue weighted by atomic mass is 35.5. The van der Waals surface area contributed by atoms with Gasteiger partial charge in [0.05, 0.1) is 5.56 Å². The summed E-state index contributed by atoms with van der Waals surface area (Å²) in [6, 6.07) is 9.06. The van der Waals surface area contributed by atoms with E-state index in [0.29, 0.717) is 11.6 Å². The Morgan fingerprint density at radius 3 is 2.70 bits per heavy atom. The highest BCUT2D eigenvalue weighted by molar-refractivity contribution is 7.09. The Morgan fingerprint density at radius 1 is 1.35 bits per heavy atom. The molecule has 0 spiro atoms. The average Bonchev–Trinajstić information content (AvgIpc) is 2.92. The lowest BCUT2D eigenvalue weighted by Crippen LogP contribution is -2.22. The van der Waals surface area contributed by atoms with Gasteiger partial charge in [0.1, 0.15) is 0 Å². The molecular formula is C15H16ClNO2S. The number of carbonyl (C=O) groups is 1. The zero-order valence-electron chi connectivity index (χ0n) is 11.2. The first-order chi connectivity index (χ1) is 9.60. The number of halogens is 1. The number of hydrogen-bond donors (Lipinski definition) is 1. The van der Waals surface area contributed by atoms with Gasteiger partial charge in [-0.1, -0.05) is 30.7 Å². The minimum absolute atomic E-state index is 0.222. The molecule has 0 radical (unpaired) electrons. The molecule has 0 aliphatic carbocycles. The van der Waals surface area contributed by atoms with Gasteiger partial charge < -0.3 is 5.11 Å². The SMILES string of the molecule is CCN(Cc1cccs1)Cc1ccc(C(=O)O)cc1Cl. The lowest BCUT2D eigenvalue weighted by molar-refractivity contribution is 0.0697. The van der Waals surface area contributed by atoms with E-state index < -0.39 is 5.97 Å². The molecule has 1 aromatic carbocycles. The monoisotopic (exact) mass is 309 g/mol. The molecule has 0 aliphatic rings. The summed E-state index contributed by atoms with van der Waals surface area (Å²) in [7, 11) is 0. The van der Waals surface area contributed by atoms with Gasteiger partial charge in [0.2, 0.25) is 0 Å². The van der Waals surface area contributed by atoms with Crippen molar-refractivity contribution in [1.29, 1.82) is 0 Å². The first kappa shape index (κ1) is 15.0. The maximum atomic E-state index is 10.9. The fourth-order valence-electron chi connectivity index (χ4n) is 1.95. The number of hydrogen-bond acceptors (Lipinski definition) is 3. The Bertz CT molecular complexity index is 584. The van der Waals surface area contributed by atoms with Gasteiger partial charge in [-0.2, -0.15) is 0 Å². The van der Waals surface area contributed by atoms with Crippen molar-refractivity contribution in [2.24, 2.45) is 0 Å². The summed E-state index contributed by atoms with van der Waals surface area (Å²) in [5, 5.41) is 11.5. The van der Waals surface area contributed by atoms with E-state index in [0.717, 1.165) is 18.7 Å². The van der Waals surface area contributed by atoms with Crippen LogP contribution >= 0.6 is 22.9 Å². The molecule has 1 aromatic heterocycles. The highest BCUT2D eigenvalue weighted by Gasteiger charge is 2.11. The molecule has 0 aliphatic heterocycles. The number of aromatic carboxylic acids is 1. The minimum Gasteiger partial charge on any atom is -0.478 e. The van der Waals surface area contributed by atoms with Gasteiger partial charge in [-0.05, 0) is 35.7 Å². The van der Waals surface area contributed by atoms with Crippen LogP contribution in [-0.4, -0.2) is 22.5 Å². The largest absolute Gasteiger partial charge is 0.478 e. The third kappa shape index (κ3) is 3.82. The van der Waals surface area contributed by atoms with Crippen molar-refractivity contribution in [3.63, 3.8) is 0 Å². The van der Waals surface area contributed by atoms with E-state index in [-0.39, 0.29) is 5.56 Å². The molecule has 1 N–H and O–H groups in total. The molecule has 106 valence electrons. The van der Waals surface area contributed by atoms with Crippen LogP contribution in [0.5, 0.6) is 0 Å². The quantitative estimate of drug-likeness (QED) is 0.872. The zero-order chi connectivity index (χ0) is 14.5. The summed E-state index contributed by atoms with van der Waals surface area (Å²) in [6.45, 7) is 4.61. The molecule has 1 heterocycles. The van der Waals surface area contributed by atoms with E-state index in [1.807, 2.05) is 6.07 Å². The summed E-state index contributed by atoms with van der Waals surface area (Å²) in [5.74, 6) is -0.954. The van der Waals surface area contributed by atoms with Crippen LogP contribution in [0.1, 0.15) is 27.7 Å². The van der Waals surface area contributed by atoms with Crippen LogP contribution in [0.4, 0.5) is 0 Å². The summed E-state index contributed by atoms with van der Waals surface area (Å²) >= 11 is 7.90. The van der Waals surface area contributed by atoms with Crippen molar-refractivity contribution in [1.82, 2.24) is 4.90 Å². The van der Waals surface area contributed by atoms with E-state index in [9.17, 15) is 4.79 Å². The molecule has 5 heteroatoms. The number of thiophene rings is 1. The minimum atomic E-state index is -0.954. The third-order valence-corrected chi connectivity index (χ3v) is 4.31. The highest BCUT2D eigenvalue weighted by Crippen LogP contribution is 2.21. The van der Waals surface area contributed by atoms with Crippen molar-refractivity contribution in [2.75, 3.05) is 6.54 Å². The maximum absolute atomic E-state index is 10.9. The second-order valence-corrected chi connectivity index (χ2v) is 5.93. The van der Waals surface area contributed by atoms with Crippen molar-refractivity contribution >= 4 is 28.9 Å². The van der Waals surface area contributed by atoms with Gasteiger partial charge in [-0.25, -0.2) is 4.79 Å². The van der Waals surface area contributed by atoms with Gasteiger partial charge in [0, 0.05) is 23.0 Å². The lowest BCUT2D eigenvalue weighted by Gasteiger charge is -2.20. The molecule has 0 atom stereocenters. The van der Waals surface area contributed by atoms with Gasteiger partial charge in [0.25, 0.3) is 0 Å². The number of carboxylic acid groups (broad SMARTS) is 1. The molecule has 2 rings (SSSR count). The Hall–Kier alpha value is -1.36. The van der Waals surface area contributed by atoms with Crippen LogP contribution in [0.2, 0.25) is 5.02 Å². The molecule has 0 unspecified atom stereocenters. The molecule has 2 aromatic rings. The van der Waals surface area contributed by atoms with Crippen molar-refractivity contribution in [3.05, 3.63) is 56.7 Å². The standard InChI is InChI=1S/C15H16ClNO2S/c1-2-17(10-13-4-3-7-20-13)9-12-6-5-11(15(18)19)8-14(12)16/h3-8H,2,9-10H2,1H3,(H,18,19). The van der Waals surface area contributed by atoms with Crippen molar-refractivity contribution in [2.45, 2.75) is 20.0 Å². The predicted molar refractivity (Wildman–Crippen MR) is 82.5 cm³/mol. The van der Waals surface area contributed by atoms with Gasteiger partial charge in [0.15, 0.2) is 0 Å². The van der Waals surface area contributed by atoms with E-state index in [1.54, 1.807) is 23.5 Å². The first-order valence-corrected chi connectivity index (χ1v) is 7.62. The second-order valence-electron chi connectivity index (χ2n) is 4.49. The Balaban J connectivity index is 2.09. The van der Waals surface area contributed by atoms with Crippen LogP contribution < -0.4 is 0 Å². The van der Waals surface area contributed by atoms with E-state index >= 15 is 0 Å². The summed E-state index contributed by atoms with van der Waals surface area (Å²) in [4.78, 5) is 14.5. The van der Waals surface area contributed by atoms with Crippen molar-refractivity contribution < 1.29 is 9.90 Å². The third-order valence-electron chi connectivity index (χ3n) is 3.10. The summed E-state index contributed by atoms with van der Waals surface area (Å²) in [6.07, 6.45) is 0.